The molecule has 2 fully saturated rings. The van der Waals surface area contributed by atoms with Crippen molar-refractivity contribution in [3.05, 3.63) is 5.69 Å². The molecule has 0 aromatic carbocycles. The van der Waals surface area contributed by atoms with Gasteiger partial charge >= 0.3 is 0 Å². The SMILES string of the molecule is CC(C)c1c(N)nnn1C1CCOC2(CCC2)C1. The second-order valence-electron chi connectivity index (χ2n) is 5.99. The predicted molar refractivity (Wildman–Crippen MR) is 69.3 cm³/mol. The van der Waals surface area contributed by atoms with Crippen LogP contribution in [0.2, 0.25) is 0 Å². The first kappa shape index (κ1) is 12.0. The maximum absolute atomic E-state index is 5.97. The summed E-state index contributed by atoms with van der Waals surface area (Å²) in [6.45, 7) is 5.12. The molecule has 3 rings (SSSR count). The van der Waals surface area contributed by atoms with E-state index in [4.69, 9.17) is 10.5 Å². The minimum absolute atomic E-state index is 0.137. The van der Waals surface area contributed by atoms with Crippen LogP contribution >= 0.6 is 0 Å². The van der Waals surface area contributed by atoms with Crippen LogP contribution in [-0.2, 0) is 4.74 Å². The summed E-state index contributed by atoms with van der Waals surface area (Å²) in [6, 6.07) is 0.404. The van der Waals surface area contributed by atoms with Crippen LogP contribution in [0.4, 0.5) is 5.82 Å². The lowest BCUT2D eigenvalue weighted by molar-refractivity contribution is -0.142. The third-order valence-electron chi connectivity index (χ3n) is 4.38. The quantitative estimate of drug-likeness (QED) is 0.874. The first-order valence-electron chi connectivity index (χ1n) is 6.96. The summed E-state index contributed by atoms with van der Waals surface area (Å²) in [5.74, 6) is 0.944. The van der Waals surface area contributed by atoms with E-state index in [1.807, 2.05) is 0 Å². The summed E-state index contributed by atoms with van der Waals surface area (Å²) >= 11 is 0. The van der Waals surface area contributed by atoms with Crippen LogP contribution in [0.5, 0.6) is 0 Å². The minimum Gasteiger partial charge on any atom is -0.381 e. The van der Waals surface area contributed by atoms with Gasteiger partial charge in [0.1, 0.15) is 0 Å². The molecule has 1 spiro atoms. The topological polar surface area (TPSA) is 66.0 Å². The van der Waals surface area contributed by atoms with Gasteiger partial charge in [-0.2, -0.15) is 0 Å². The van der Waals surface area contributed by atoms with Gasteiger partial charge in [0.05, 0.1) is 17.3 Å². The van der Waals surface area contributed by atoms with E-state index in [0.717, 1.165) is 25.1 Å². The van der Waals surface area contributed by atoms with E-state index in [1.165, 1.54) is 19.3 Å². The molecule has 18 heavy (non-hydrogen) atoms. The molecule has 1 unspecified atom stereocenters. The molecular weight excluding hydrogens is 228 g/mol. The summed E-state index contributed by atoms with van der Waals surface area (Å²) in [5, 5.41) is 8.33. The zero-order chi connectivity index (χ0) is 12.8. The van der Waals surface area contributed by atoms with Gasteiger partial charge in [-0.05, 0) is 38.0 Å². The van der Waals surface area contributed by atoms with E-state index in [9.17, 15) is 0 Å². The maximum atomic E-state index is 5.97. The number of nitrogens with two attached hydrogens (primary N) is 1. The van der Waals surface area contributed by atoms with Crippen molar-refractivity contribution in [2.45, 2.75) is 63.5 Å². The van der Waals surface area contributed by atoms with Crippen molar-refractivity contribution in [3.63, 3.8) is 0 Å². The molecule has 1 saturated heterocycles. The normalized spacial score (nSPS) is 26.5. The van der Waals surface area contributed by atoms with Crippen molar-refractivity contribution in [2.24, 2.45) is 0 Å². The zero-order valence-electron chi connectivity index (χ0n) is 11.2. The molecule has 0 amide bonds. The average molecular weight is 250 g/mol. The van der Waals surface area contributed by atoms with Crippen LogP contribution in [-0.4, -0.2) is 27.2 Å². The smallest absolute Gasteiger partial charge is 0.169 e. The Morgan fingerprint density at radius 3 is 2.83 bits per heavy atom. The highest BCUT2D eigenvalue weighted by Crippen LogP contribution is 2.46. The lowest BCUT2D eigenvalue weighted by atomic mass is 9.74. The summed E-state index contributed by atoms with van der Waals surface area (Å²) in [7, 11) is 0. The highest BCUT2D eigenvalue weighted by atomic mass is 16.5. The molecule has 100 valence electrons. The largest absolute Gasteiger partial charge is 0.381 e. The number of aromatic nitrogens is 3. The Hall–Kier alpha value is -1.10. The van der Waals surface area contributed by atoms with Gasteiger partial charge in [-0.3, -0.25) is 0 Å². The molecule has 1 aliphatic heterocycles. The number of nitrogen functional groups attached to an aromatic ring is 1. The van der Waals surface area contributed by atoms with Crippen molar-refractivity contribution in [3.8, 4) is 0 Å². The number of anilines is 1. The first-order chi connectivity index (χ1) is 8.61. The van der Waals surface area contributed by atoms with E-state index >= 15 is 0 Å². The molecule has 2 N–H and O–H groups in total. The maximum Gasteiger partial charge on any atom is 0.169 e. The predicted octanol–water partition coefficient (Wildman–Crippen LogP) is 2.26. The molecule has 1 atom stereocenters. The molecule has 0 bridgehead atoms. The number of rotatable bonds is 2. The first-order valence-corrected chi connectivity index (χ1v) is 6.96. The lowest BCUT2D eigenvalue weighted by Gasteiger charge is -2.47. The molecule has 0 radical (unpaired) electrons. The van der Waals surface area contributed by atoms with E-state index in [1.54, 1.807) is 0 Å². The second-order valence-corrected chi connectivity index (χ2v) is 5.99. The fourth-order valence-corrected chi connectivity index (χ4v) is 3.27. The molecule has 2 heterocycles. The number of nitrogens with zero attached hydrogens (tertiary/aromatic N) is 3. The Morgan fingerprint density at radius 2 is 2.22 bits per heavy atom. The van der Waals surface area contributed by atoms with Crippen molar-refractivity contribution in [1.82, 2.24) is 15.0 Å². The molecule has 5 heteroatoms. The standard InChI is InChI=1S/C13H22N4O/c1-9(2)11-12(14)15-16-17(11)10-4-7-18-13(8-10)5-3-6-13/h9-10H,3-8,14H2,1-2H3. The molecule has 2 aliphatic rings. The zero-order valence-corrected chi connectivity index (χ0v) is 11.2. The molecule has 1 aromatic rings. The highest BCUT2D eigenvalue weighted by Gasteiger charge is 2.43. The third-order valence-corrected chi connectivity index (χ3v) is 4.38. The van der Waals surface area contributed by atoms with Gasteiger partial charge in [-0.25, -0.2) is 4.68 Å². The summed E-state index contributed by atoms with van der Waals surface area (Å²) in [5.41, 5.74) is 7.15. The van der Waals surface area contributed by atoms with Crippen molar-refractivity contribution in [1.29, 1.82) is 0 Å². The van der Waals surface area contributed by atoms with Gasteiger partial charge in [-0.15, -0.1) is 5.10 Å². The van der Waals surface area contributed by atoms with Crippen LogP contribution < -0.4 is 5.73 Å². The molecule has 1 saturated carbocycles. The summed E-state index contributed by atoms with van der Waals surface area (Å²) in [4.78, 5) is 0. The molecule has 5 nitrogen and oxygen atoms in total. The van der Waals surface area contributed by atoms with E-state index < -0.39 is 0 Å². The second kappa shape index (κ2) is 4.23. The van der Waals surface area contributed by atoms with Crippen molar-refractivity contribution >= 4 is 5.82 Å². The van der Waals surface area contributed by atoms with Gasteiger partial charge < -0.3 is 10.5 Å². The summed E-state index contributed by atoms with van der Waals surface area (Å²) < 4.78 is 8.03. The number of hydrogen-bond acceptors (Lipinski definition) is 4. The fraction of sp³-hybridized carbons (Fsp3) is 0.846. The Labute approximate surface area is 108 Å². The number of ether oxygens (including phenoxy) is 1. The molecule has 1 aliphatic carbocycles. The van der Waals surface area contributed by atoms with E-state index in [0.29, 0.717) is 17.8 Å². The third kappa shape index (κ3) is 1.81. The molecular formula is C13H22N4O. The van der Waals surface area contributed by atoms with Gasteiger partial charge in [0.25, 0.3) is 0 Å². The van der Waals surface area contributed by atoms with E-state index in [-0.39, 0.29) is 5.60 Å². The van der Waals surface area contributed by atoms with Crippen molar-refractivity contribution < 1.29 is 4.74 Å². The van der Waals surface area contributed by atoms with Gasteiger partial charge in [0, 0.05) is 6.61 Å². The van der Waals surface area contributed by atoms with E-state index in [2.05, 4.69) is 28.8 Å². The Balaban J connectivity index is 1.86. The van der Waals surface area contributed by atoms with Gasteiger partial charge in [0.2, 0.25) is 0 Å². The van der Waals surface area contributed by atoms with Crippen LogP contribution in [0, 0.1) is 0 Å². The van der Waals surface area contributed by atoms with Gasteiger partial charge in [0.15, 0.2) is 5.82 Å². The lowest BCUT2D eigenvalue weighted by Crippen LogP contribution is -2.46. The van der Waals surface area contributed by atoms with Crippen LogP contribution in [0.1, 0.15) is 63.6 Å². The monoisotopic (exact) mass is 250 g/mol. The Kier molecular flexibility index (Phi) is 2.81. The van der Waals surface area contributed by atoms with Crippen molar-refractivity contribution in [2.75, 3.05) is 12.3 Å². The Morgan fingerprint density at radius 1 is 1.44 bits per heavy atom. The van der Waals surface area contributed by atoms with Crippen LogP contribution in [0.25, 0.3) is 0 Å². The van der Waals surface area contributed by atoms with Gasteiger partial charge in [-0.1, -0.05) is 19.1 Å². The Bertz CT molecular complexity index is 436. The number of hydrogen-bond donors (Lipinski definition) is 1. The minimum atomic E-state index is 0.137. The average Bonchev–Trinajstić information content (AvgIpc) is 2.69. The molecule has 1 aromatic heterocycles. The van der Waals surface area contributed by atoms with Crippen LogP contribution in [0.3, 0.4) is 0 Å². The summed E-state index contributed by atoms with van der Waals surface area (Å²) in [6.07, 6.45) is 5.78. The van der Waals surface area contributed by atoms with Crippen LogP contribution in [0.15, 0.2) is 0 Å². The highest BCUT2D eigenvalue weighted by molar-refractivity contribution is 5.35. The fourth-order valence-electron chi connectivity index (χ4n) is 3.27.